The fraction of sp³-hybridized carbons (Fsp3) is 0.625. The number of likely N-dealkylation sites (N-methyl/N-ethyl adjacent to an activating group) is 1. The van der Waals surface area contributed by atoms with Crippen LogP contribution in [-0.4, -0.2) is 43.7 Å². The van der Waals surface area contributed by atoms with Gasteiger partial charge in [0.2, 0.25) is 0 Å². The molecule has 1 aliphatic heterocycles. The summed E-state index contributed by atoms with van der Waals surface area (Å²) in [6.07, 6.45) is 0. The normalized spacial score (nSPS) is 19.4. The zero-order chi connectivity index (χ0) is 14.8. The van der Waals surface area contributed by atoms with Gasteiger partial charge in [-0.15, -0.1) is 0 Å². The summed E-state index contributed by atoms with van der Waals surface area (Å²) in [5, 5.41) is 3.44. The van der Waals surface area contributed by atoms with E-state index in [1.165, 1.54) is 11.3 Å². The number of nitrogens with one attached hydrogen (secondary N) is 1. The summed E-state index contributed by atoms with van der Waals surface area (Å²) in [6, 6.07) is 6.64. The maximum atomic E-state index is 3.59. The number of halogens is 1. The lowest BCUT2D eigenvalue weighted by Gasteiger charge is -2.46. The minimum absolute atomic E-state index is 0.223. The Morgan fingerprint density at radius 3 is 2.70 bits per heavy atom. The number of anilines is 1. The molecular formula is C16H26BrN3. The molecule has 20 heavy (non-hydrogen) atoms. The predicted octanol–water partition coefficient (Wildman–Crippen LogP) is 3.09. The van der Waals surface area contributed by atoms with E-state index in [0.29, 0.717) is 0 Å². The first-order valence-electron chi connectivity index (χ1n) is 7.39. The van der Waals surface area contributed by atoms with Crippen molar-refractivity contribution in [2.24, 2.45) is 0 Å². The average molecular weight is 340 g/mol. The first-order chi connectivity index (χ1) is 9.44. The van der Waals surface area contributed by atoms with Crippen LogP contribution >= 0.6 is 15.9 Å². The summed E-state index contributed by atoms with van der Waals surface area (Å²) in [4.78, 5) is 4.98. The van der Waals surface area contributed by atoms with Gasteiger partial charge in [-0.3, -0.25) is 4.90 Å². The van der Waals surface area contributed by atoms with Crippen LogP contribution in [0.25, 0.3) is 0 Å². The smallest absolute Gasteiger partial charge is 0.0413 e. The Morgan fingerprint density at radius 2 is 2.05 bits per heavy atom. The van der Waals surface area contributed by atoms with Gasteiger partial charge < -0.3 is 10.2 Å². The molecule has 1 heterocycles. The molecule has 0 unspecified atom stereocenters. The lowest BCUT2D eigenvalue weighted by atomic mass is 9.98. The van der Waals surface area contributed by atoms with Gasteiger partial charge in [-0.25, -0.2) is 0 Å². The Hall–Kier alpha value is -0.580. The van der Waals surface area contributed by atoms with Gasteiger partial charge in [-0.2, -0.15) is 0 Å². The van der Waals surface area contributed by atoms with Crippen LogP contribution in [0.5, 0.6) is 0 Å². The molecule has 0 atom stereocenters. The maximum absolute atomic E-state index is 3.59. The Labute approximate surface area is 131 Å². The summed E-state index contributed by atoms with van der Waals surface area (Å²) in [7, 11) is 2.22. The quantitative estimate of drug-likeness (QED) is 0.909. The highest BCUT2D eigenvalue weighted by Crippen LogP contribution is 2.29. The van der Waals surface area contributed by atoms with Crippen molar-refractivity contribution in [1.29, 1.82) is 0 Å². The maximum Gasteiger partial charge on any atom is 0.0413 e. The van der Waals surface area contributed by atoms with Crippen LogP contribution in [0.15, 0.2) is 22.7 Å². The molecule has 0 aliphatic carbocycles. The van der Waals surface area contributed by atoms with Crippen molar-refractivity contribution < 1.29 is 0 Å². The lowest BCUT2D eigenvalue weighted by molar-refractivity contribution is 0.139. The molecule has 1 aromatic rings. The number of rotatable bonds is 4. The summed E-state index contributed by atoms with van der Waals surface area (Å²) in [5.74, 6) is 0. The molecule has 3 nitrogen and oxygen atoms in total. The molecule has 1 aliphatic rings. The molecule has 0 radical (unpaired) electrons. The molecule has 4 heteroatoms. The Kier molecular flexibility index (Phi) is 5.10. The van der Waals surface area contributed by atoms with Crippen LogP contribution in [0.1, 0.15) is 26.3 Å². The zero-order valence-electron chi connectivity index (χ0n) is 13.0. The van der Waals surface area contributed by atoms with E-state index < -0.39 is 0 Å². The second-order valence-electron chi connectivity index (χ2n) is 6.21. The molecule has 1 saturated heterocycles. The lowest BCUT2D eigenvalue weighted by Crippen LogP contribution is -2.57. The van der Waals surface area contributed by atoms with Crippen molar-refractivity contribution in [2.75, 3.05) is 38.1 Å². The van der Waals surface area contributed by atoms with Gasteiger partial charge in [0.15, 0.2) is 0 Å². The number of nitrogens with zero attached hydrogens (tertiary/aromatic N) is 2. The highest BCUT2D eigenvalue weighted by molar-refractivity contribution is 9.10. The van der Waals surface area contributed by atoms with E-state index in [2.05, 4.69) is 77.1 Å². The standard InChI is InChI=1S/C16H26BrN3/c1-5-18-11-13-10-14(17)6-7-15(13)20-9-8-19(4)16(2,3)12-20/h6-7,10,18H,5,8-9,11-12H2,1-4H3. The van der Waals surface area contributed by atoms with Crippen LogP contribution in [0.2, 0.25) is 0 Å². The third-order valence-corrected chi connectivity index (χ3v) is 4.76. The number of benzene rings is 1. The molecule has 2 rings (SSSR count). The second kappa shape index (κ2) is 6.46. The molecule has 0 aromatic heterocycles. The Bertz CT molecular complexity index is 459. The molecule has 112 valence electrons. The van der Waals surface area contributed by atoms with E-state index in [1.807, 2.05) is 0 Å². The van der Waals surface area contributed by atoms with E-state index in [-0.39, 0.29) is 5.54 Å². The van der Waals surface area contributed by atoms with Gasteiger partial charge in [0.25, 0.3) is 0 Å². The Morgan fingerprint density at radius 1 is 1.30 bits per heavy atom. The third kappa shape index (κ3) is 3.54. The highest BCUT2D eigenvalue weighted by Gasteiger charge is 2.31. The number of hydrogen-bond donors (Lipinski definition) is 1. The summed E-state index contributed by atoms with van der Waals surface area (Å²) < 4.78 is 1.16. The SMILES string of the molecule is CCNCc1cc(Br)ccc1N1CCN(C)C(C)(C)C1. The predicted molar refractivity (Wildman–Crippen MR) is 90.4 cm³/mol. The van der Waals surface area contributed by atoms with Gasteiger partial charge in [0.1, 0.15) is 0 Å². The largest absolute Gasteiger partial charge is 0.368 e. The van der Waals surface area contributed by atoms with E-state index in [9.17, 15) is 0 Å². The first kappa shape index (κ1) is 15.8. The van der Waals surface area contributed by atoms with E-state index >= 15 is 0 Å². The fourth-order valence-corrected chi connectivity index (χ4v) is 3.12. The zero-order valence-corrected chi connectivity index (χ0v) is 14.6. The van der Waals surface area contributed by atoms with Crippen molar-refractivity contribution >= 4 is 21.6 Å². The van der Waals surface area contributed by atoms with Crippen LogP contribution < -0.4 is 10.2 Å². The molecule has 0 bridgehead atoms. The van der Waals surface area contributed by atoms with Gasteiger partial charge in [-0.05, 0) is 51.2 Å². The monoisotopic (exact) mass is 339 g/mol. The summed E-state index contributed by atoms with van der Waals surface area (Å²) in [5.41, 5.74) is 2.97. The minimum atomic E-state index is 0.223. The van der Waals surface area contributed by atoms with Crippen molar-refractivity contribution in [2.45, 2.75) is 32.9 Å². The molecule has 0 amide bonds. The van der Waals surface area contributed by atoms with E-state index in [1.54, 1.807) is 0 Å². The van der Waals surface area contributed by atoms with Gasteiger partial charge >= 0.3 is 0 Å². The number of piperazine rings is 1. The molecule has 1 aromatic carbocycles. The van der Waals surface area contributed by atoms with Gasteiger partial charge in [-0.1, -0.05) is 22.9 Å². The highest BCUT2D eigenvalue weighted by atomic mass is 79.9. The second-order valence-corrected chi connectivity index (χ2v) is 7.12. The molecule has 0 saturated carbocycles. The van der Waals surface area contributed by atoms with Gasteiger partial charge in [0, 0.05) is 41.9 Å². The van der Waals surface area contributed by atoms with Crippen molar-refractivity contribution in [1.82, 2.24) is 10.2 Å². The fourth-order valence-electron chi connectivity index (χ4n) is 2.71. The summed E-state index contributed by atoms with van der Waals surface area (Å²) in [6.45, 7) is 12.0. The number of hydrogen-bond acceptors (Lipinski definition) is 3. The molecule has 0 spiro atoms. The van der Waals surface area contributed by atoms with Gasteiger partial charge in [0.05, 0.1) is 0 Å². The Balaban J connectivity index is 2.23. The van der Waals surface area contributed by atoms with Crippen LogP contribution in [0, 0.1) is 0 Å². The molecule has 1 fully saturated rings. The van der Waals surface area contributed by atoms with Crippen molar-refractivity contribution in [3.8, 4) is 0 Å². The topological polar surface area (TPSA) is 18.5 Å². The van der Waals surface area contributed by atoms with Crippen LogP contribution in [-0.2, 0) is 6.54 Å². The first-order valence-corrected chi connectivity index (χ1v) is 8.18. The van der Waals surface area contributed by atoms with Crippen LogP contribution in [0.3, 0.4) is 0 Å². The van der Waals surface area contributed by atoms with E-state index in [4.69, 9.17) is 0 Å². The van der Waals surface area contributed by atoms with Crippen molar-refractivity contribution in [3.63, 3.8) is 0 Å². The molecule has 1 N–H and O–H groups in total. The average Bonchev–Trinajstić information content (AvgIpc) is 2.39. The van der Waals surface area contributed by atoms with Crippen LogP contribution in [0.4, 0.5) is 5.69 Å². The van der Waals surface area contributed by atoms with Crippen molar-refractivity contribution in [3.05, 3.63) is 28.2 Å². The molecular weight excluding hydrogens is 314 g/mol. The third-order valence-electron chi connectivity index (χ3n) is 4.26. The summed E-state index contributed by atoms with van der Waals surface area (Å²) >= 11 is 3.59. The minimum Gasteiger partial charge on any atom is -0.368 e. The van der Waals surface area contributed by atoms with E-state index in [0.717, 1.165) is 37.2 Å².